The molecule has 180 valence electrons. The van der Waals surface area contributed by atoms with E-state index in [1.165, 1.54) is 36.0 Å². The Labute approximate surface area is 200 Å². The lowest BCUT2D eigenvalue weighted by Crippen LogP contribution is -2.38. The van der Waals surface area contributed by atoms with E-state index in [2.05, 4.69) is 25.2 Å². The van der Waals surface area contributed by atoms with Gasteiger partial charge in [-0.3, -0.25) is 9.36 Å². The highest BCUT2D eigenvalue weighted by Gasteiger charge is 2.25. The van der Waals surface area contributed by atoms with Gasteiger partial charge in [0, 0.05) is 18.8 Å². The van der Waals surface area contributed by atoms with Crippen LogP contribution in [0.15, 0.2) is 53.7 Å². The van der Waals surface area contributed by atoms with Crippen molar-refractivity contribution in [1.82, 2.24) is 14.8 Å². The summed E-state index contributed by atoms with van der Waals surface area (Å²) in [4.78, 5) is 14.9. The van der Waals surface area contributed by atoms with Gasteiger partial charge in [0.1, 0.15) is 5.75 Å². The van der Waals surface area contributed by atoms with Crippen molar-refractivity contribution in [1.29, 1.82) is 0 Å². The van der Waals surface area contributed by atoms with E-state index in [0.717, 1.165) is 11.3 Å². The number of benzene rings is 2. The molecule has 1 aliphatic rings. The zero-order chi connectivity index (χ0) is 24.1. The summed E-state index contributed by atoms with van der Waals surface area (Å²) < 4.78 is 36.4. The molecule has 1 unspecified atom stereocenters. The zero-order valence-corrected chi connectivity index (χ0v) is 19.6. The Morgan fingerprint density at radius 3 is 2.56 bits per heavy atom. The lowest BCUT2D eigenvalue weighted by Gasteiger charge is -2.28. The quantitative estimate of drug-likeness (QED) is 0.477. The molecule has 0 aliphatic carbocycles. The Morgan fingerprint density at radius 2 is 1.88 bits per heavy atom. The molecule has 2 heterocycles. The molecule has 11 heteroatoms. The Hall–Kier alpha value is -3.18. The molecule has 0 spiro atoms. The molecule has 1 N–H and O–H groups in total. The largest absolute Gasteiger partial charge is 0.435 e. The predicted molar refractivity (Wildman–Crippen MR) is 126 cm³/mol. The van der Waals surface area contributed by atoms with Gasteiger partial charge < -0.3 is 19.7 Å². The highest BCUT2D eigenvalue weighted by atomic mass is 32.2. The highest BCUT2D eigenvalue weighted by Crippen LogP contribution is 2.30. The number of hydrogen-bond acceptors (Lipinski definition) is 7. The second kappa shape index (κ2) is 10.8. The molecule has 1 saturated heterocycles. The van der Waals surface area contributed by atoms with Crippen molar-refractivity contribution in [3.8, 4) is 11.4 Å². The van der Waals surface area contributed by atoms with Crippen molar-refractivity contribution >= 4 is 29.3 Å². The lowest BCUT2D eigenvalue weighted by molar-refractivity contribution is -0.115. The molecule has 1 amide bonds. The first-order valence-electron chi connectivity index (χ1n) is 10.8. The molecular formula is C23H25F2N5O3S. The molecule has 1 aromatic heterocycles. The van der Waals surface area contributed by atoms with Crippen LogP contribution in [-0.2, 0) is 9.53 Å². The van der Waals surface area contributed by atoms with Gasteiger partial charge in [-0.2, -0.15) is 8.78 Å². The van der Waals surface area contributed by atoms with Crippen LogP contribution in [0.5, 0.6) is 5.75 Å². The van der Waals surface area contributed by atoms with Gasteiger partial charge in [0.25, 0.3) is 0 Å². The van der Waals surface area contributed by atoms with Crippen LogP contribution in [0.25, 0.3) is 5.69 Å². The van der Waals surface area contributed by atoms with Crippen molar-refractivity contribution in [3.63, 3.8) is 0 Å². The Balaban J connectivity index is 1.52. The van der Waals surface area contributed by atoms with Crippen molar-refractivity contribution < 1.29 is 23.0 Å². The van der Waals surface area contributed by atoms with Gasteiger partial charge in [-0.25, -0.2) is 0 Å². The first-order chi connectivity index (χ1) is 16.4. The number of hydrogen-bond donors (Lipinski definition) is 1. The van der Waals surface area contributed by atoms with E-state index >= 15 is 0 Å². The number of thioether (sulfide) groups is 1. The number of carbonyl (C=O) groups excluding carboxylic acids is 1. The fraction of sp³-hybridized carbons (Fsp3) is 0.348. The van der Waals surface area contributed by atoms with Crippen molar-refractivity contribution in [2.45, 2.75) is 30.9 Å². The number of morpholine rings is 1. The van der Waals surface area contributed by atoms with Gasteiger partial charge >= 0.3 is 6.61 Å². The van der Waals surface area contributed by atoms with Gasteiger partial charge in [-0.15, -0.1) is 10.2 Å². The number of aromatic nitrogens is 3. The SMILES string of the molecule is Cc1cccc(-n2c(SC(C)C(=O)Nc3ccc(OC(F)F)cc3)nnc2N2CCOCC2)c1. The van der Waals surface area contributed by atoms with Gasteiger partial charge in [0.15, 0.2) is 5.16 Å². The first-order valence-corrected chi connectivity index (χ1v) is 11.7. The Bertz CT molecular complexity index is 1120. The van der Waals surface area contributed by atoms with Gasteiger partial charge in [-0.05, 0) is 55.8 Å². The van der Waals surface area contributed by atoms with Crippen LogP contribution in [0, 0.1) is 6.92 Å². The molecule has 2 aromatic carbocycles. The van der Waals surface area contributed by atoms with Crippen molar-refractivity contribution in [3.05, 3.63) is 54.1 Å². The van der Waals surface area contributed by atoms with Gasteiger partial charge in [-0.1, -0.05) is 23.9 Å². The van der Waals surface area contributed by atoms with Crippen molar-refractivity contribution in [2.24, 2.45) is 0 Å². The summed E-state index contributed by atoms with van der Waals surface area (Å²) in [5.74, 6) is 0.482. The number of alkyl halides is 2. The highest BCUT2D eigenvalue weighted by molar-refractivity contribution is 8.00. The van der Waals surface area contributed by atoms with E-state index in [1.807, 2.05) is 35.8 Å². The summed E-state index contributed by atoms with van der Waals surface area (Å²) in [7, 11) is 0. The summed E-state index contributed by atoms with van der Waals surface area (Å²) in [5, 5.41) is 11.7. The molecule has 4 rings (SSSR count). The number of anilines is 2. The summed E-state index contributed by atoms with van der Waals surface area (Å²) in [6.45, 7) is 3.53. The molecule has 1 atom stereocenters. The topological polar surface area (TPSA) is 81.5 Å². The number of aryl methyl sites for hydroxylation is 1. The molecule has 3 aromatic rings. The zero-order valence-electron chi connectivity index (χ0n) is 18.8. The maximum atomic E-state index is 12.8. The summed E-state index contributed by atoms with van der Waals surface area (Å²) in [6.07, 6.45) is 0. The first kappa shape index (κ1) is 24.0. The molecule has 8 nitrogen and oxygen atoms in total. The Morgan fingerprint density at radius 1 is 1.15 bits per heavy atom. The van der Waals surface area contributed by atoms with Gasteiger partial charge in [0.05, 0.1) is 24.2 Å². The van der Waals surface area contributed by atoms with Crippen LogP contribution < -0.4 is 15.0 Å². The molecule has 0 bridgehead atoms. The average molecular weight is 490 g/mol. The maximum absolute atomic E-state index is 12.8. The predicted octanol–water partition coefficient (Wildman–Crippen LogP) is 4.13. The van der Waals surface area contributed by atoms with Gasteiger partial charge in [0.2, 0.25) is 11.9 Å². The lowest BCUT2D eigenvalue weighted by atomic mass is 10.2. The summed E-state index contributed by atoms with van der Waals surface area (Å²) in [6, 6.07) is 13.8. The Kier molecular flexibility index (Phi) is 7.63. The van der Waals surface area contributed by atoms with Crippen LogP contribution >= 0.6 is 11.8 Å². The summed E-state index contributed by atoms with van der Waals surface area (Å²) in [5.41, 5.74) is 2.49. The van der Waals surface area contributed by atoms with E-state index in [-0.39, 0.29) is 11.7 Å². The number of nitrogens with one attached hydrogen (secondary N) is 1. The van der Waals surface area contributed by atoms with Crippen LogP contribution in [0.2, 0.25) is 0 Å². The summed E-state index contributed by atoms with van der Waals surface area (Å²) >= 11 is 1.29. The third-order valence-corrected chi connectivity index (χ3v) is 6.21. The number of nitrogens with zero attached hydrogens (tertiary/aromatic N) is 4. The number of ether oxygens (including phenoxy) is 2. The van der Waals surface area contributed by atoms with E-state index in [1.54, 1.807) is 6.92 Å². The van der Waals surface area contributed by atoms with Crippen LogP contribution in [0.1, 0.15) is 12.5 Å². The van der Waals surface area contributed by atoms with E-state index in [9.17, 15) is 13.6 Å². The van der Waals surface area contributed by atoms with Crippen LogP contribution in [-0.4, -0.2) is 58.8 Å². The molecule has 0 radical (unpaired) electrons. The minimum absolute atomic E-state index is 0.0253. The van der Waals surface area contributed by atoms with E-state index in [4.69, 9.17) is 4.74 Å². The van der Waals surface area contributed by atoms with E-state index in [0.29, 0.717) is 43.1 Å². The monoisotopic (exact) mass is 489 g/mol. The number of rotatable bonds is 8. The molecule has 0 saturated carbocycles. The average Bonchev–Trinajstić information content (AvgIpc) is 3.24. The number of carbonyl (C=O) groups is 1. The second-order valence-electron chi connectivity index (χ2n) is 7.71. The molecule has 34 heavy (non-hydrogen) atoms. The fourth-order valence-electron chi connectivity index (χ4n) is 3.47. The van der Waals surface area contributed by atoms with Crippen molar-refractivity contribution in [2.75, 3.05) is 36.5 Å². The third kappa shape index (κ3) is 5.84. The maximum Gasteiger partial charge on any atom is 0.387 e. The minimum atomic E-state index is -2.90. The second-order valence-corrected chi connectivity index (χ2v) is 9.02. The molecule has 1 aliphatic heterocycles. The van der Waals surface area contributed by atoms with E-state index < -0.39 is 11.9 Å². The smallest absolute Gasteiger partial charge is 0.387 e. The van der Waals surface area contributed by atoms with Crippen LogP contribution in [0.4, 0.5) is 20.4 Å². The molecule has 1 fully saturated rings. The minimum Gasteiger partial charge on any atom is -0.435 e. The third-order valence-electron chi connectivity index (χ3n) is 5.17. The number of halogens is 2. The van der Waals surface area contributed by atoms with Crippen LogP contribution in [0.3, 0.4) is 0 Å². The normalized spacial score (nSPS) is 14.8. The molecular weight excluding hydrogens is 464 g/mol. The number of amides is 1. The fourth-order valence-corrected chi connectivity index (χ4v) is 4.34. The standard InChI is InChI=1S/C23H25F2N5O3S/c1-15-4-3-5-18(14-15)30-22(29-10-12-32-13-11-29)27-28-23(30)34-16(2)20(31)26-17-6-8-19(9-7-17)33-21(24)25/h3-9,14,16,21H,10-13H2,1-2H3,(H,26,31).